The van der Waals surface area contributed by atoms with Crippen LogP contribution in [0.2, 0.25) is 0 Å². The number of rotatable bonds is 4. The molecule has 0 saturated heterocycles. The Balaban J connectivity index is 3.45. The van der Waals surface area contributed by atoms with E-state index in [4.69, 9.17) is 15.9 Å². The molecule has 0 saturated carbocycles. The highest BCUT2D eigenvalue weighted by Crippen LogP contribution is 1.86. The first-order valence-corrected chi connectivity index (χ1v) is 2.84. The predicted octanol–water partition coefficient (Wildman–Crippen LogP) is 0.515. The van der Waals surface area contributed by atoms with Crippen molar-refractivity contribution >= 4 is 6.21 Å². The minimum Gasteiger partial charge on any atom is -0.404 e. The molecule has 0 aliphatic carbocycles. The third-order valence-electron chi connectivity index (χ3n) is 0.872. The summed E-state index contributed by atoms with van der Waals surface area (Å²) in [7, 11) is 0. The summed E-state index contributed by atoms with van der Waals surface area (Å²) in [6.07, 6.45) is 2.57. The summed E-state index contributed by atoms with van der Waals surface area (Å²) in [5, 5.41) is 6.79. The number of nitrogens with two attached hydrogens (primary N) is 1. The molecule has 0 spiro atoms. The normalized spacial score (nSPS) is 11.4. The summed E-state index contributed by atoms with van der Waals surface area (Å²) in [6.45, 7) is 3.00. The molecule has 0 amide bonds. The third kappa shape index (κ3) is 3.73. The summed E-state index contributed by atoms with van der Waals surface area (Å²) < 4.78 is 4.98. The standard InChI is InChI=1S/C6H12N2O/c1-2-9-5-6(3-7)4-8/h3-4,7H,2,5,8H2,1H3/b6-4+,7-3?. The van der Waals surface area contributed by atoms with Crippen molar-refractivity contribution < 1.29 is 4.74 Å². The second-order valence-corrected chi connectivity index (χ2v) is 1.52. The van der Waals surface area contributed by atoms with Gasteiger partial charge in [-0.1, -0.05) is 0 Å². The third-order valence-corrected chi connectivity index (χ3v) is 0.872. The Kier molecular flexibility index (Phi) is 4.82. The highest BCUT2D eigenvalue weighted by Gasteiger charge is 1.87. The maximum Gasteiger partial charge on any atom is 0.0745 e. The molecule has 3 heteroatoms. The number of nitrogens with one attached hydrogen (secondary N) is 1. The van der Waals surface area contributed by atoms with E-state index in [9.17, 15) is 0 Å². The fourth-order valence-electron chi connectivity index (χ4n) is 0.358. The van der Waals surface area contributed by atoms with Crippen LogP contribution in [0.3, 0.4) is 0 Å². The molecule has 0 unspecified atom stereocenters. The van der Waals surface area contributed by atoms with Gasteiger partial charge in [0.1, 0.15) is 0 Å². The van der Waals surface area contributed by atoms with Gasteiger partial charge in [0.25, 0.3) is 0 Å². The fraction of sp³-hybridized carbons (Fsp3) is 0.500. The monoisotopic (exact) mass is 128 g/mol. The summed E-state index contributed by atoms with van der Waals surface area (Å²) >= 11 is 0. The lowest BCUT2D eigenvalue weighted by molar-refractivity contribution is 0.174. The molecule has 0 fully saturated rings. The molecule has 3 N–H and O–H groups in total. The second kappa shape index (κ2) is 5.31. The molecule has 0 aliphatic heterocycles. The fourth-order valence-corrected chi connectivity index (χ4v) is 0.358. The van der Waals surface area contributed by atoms with Crippen molar-refractivity contribution in [3.63, 3.8) is 0 Å². The number of hydrogen-bond donors (Lipinski definition) is 2. The summed E-state index contributed by atoms with van der Waals surface area (Å²) in [5.74, 6) is 0. The average Bonchev–Trinajstić information content (AvgIpc) is 1.91. The second-order valence-electron chi connectivity index (χ2n) is 1.52. The SMILES string of the molecule is CCOC/C(C=N)=C/N. The van der Waals surface area contributed by atoms with Gasteiger partial charge in [0.15, 0.2) is 0 Å². The van der Waals surface area contributed by atoms with Crippen molar-refractivity contribution in [1.82, 2.24) is 0 Å². The van der Waals surface area contributed by atoms with E-state index in [1.807, 2.05) is 6.92 Å². The van der Waals surface area contributed by atoms with Gasteiger partial charge in [-0.05, 0) is 6.92 Å². The molecule has 0 aromatic heterocycles. The zero-order chi connectivity index (χ0) is 7.11. The maximum absolute atomic E-state index is 6.79. The molecule has 0 heterocycles. The predicted molar refractivity (Wildman–Crippen MR) is 37.5 cm³/mol. The lowest BCUT2D eigenvalue weighted by Gasteiger charge is -1.97. The van der Waals surface area contributed by atoms with Crippen LogP contribution in [0.15, 0.2) is 11.8 Å². The molecule has 52 valence electrons. The van der Waals surface area contributed by atoms with Crippen molar-refractivity contribution in [3.8, 4) is 0 Å². The largest absolute Gasteiger partial charge is 0.404 e. The van der Waals surface area contributed by atoms with E-state index in [1.165, 1.54) is 12.4 Å². The van der Waals surface area contributed by atoms with Crippen LogP contribution in [-0.2, 0) is 4.74 Å². The molecular weight excluding hydrogens is 116 g/mol. The van der Waals surface area contributed by atoms with Crippen LogP contribution < -0.4 is 5.73 Å². The van der Waals surface area contributed by atoms with Gasteiger partial charge in [0.05, 0.1) is 6.61 Å². The maximum atomic E-state index is 6.79. The zero-order valence-electron chi connectivity index (χ0n) is 5.55. The first kappa shape index (κ1) is 8.17. The van der Waals surface area contributed by atoms with Crippen LogP contribution in [0.4, 0.5) is 0 Å². The lowest BCUT2D eigenvalue weighted by Crippen LogP contribution is -2.00. The molecule has 0 bridgehead atoms. The van der Waals surface area contributed by atoms with Gasteiger partial charge < -0.3 is 15.9 Å². The van der Waals surface area contributed by atoms with E-state index < -0.39 is 0 Å². The van der Waals surface area contributed by atoms with Gasteiger partial charge >= 0.3 is 0 Å². The van der Waals surface area contributed by atoms with Crippen molar-refractivity contribution in [3.05, 3.63) is 11.8 Å². The number of hydrogen-bond acceptors (Lipinski definition) is 3. The van der Waals surface area contributed by atoms with Crippen molar-refractivity contribution in [1.29, 1.82) is 5.41 Å². The smallest absolute Gasteiger partial charge is 0.0745 e. The van der Waals surface area contributed by atoms with Crippen LogP contribution in [0.1, 0.15) is 6.92 Å². The molecule has 3 nitrogen and oxygen atoms in total. The zero-order valence-corrected chi connectivity index (χ0v) is 5.55. The van der Waals surface area contributed by atoms with Gasteiger partial charge in [-0.15, -0.1) is 0 Å². The van der Waals surface area contributed by atoms with Gasteiger partial charge in [-0.2, -0.15) is 0 Å². The molecule has 0 atom stereocenters. The van der Waals surface area contributed by atoms with Crippen molar-refractivity contribution in [2.45, 2.75) is 6.92 Å². The van der Waals surface area contributed by atoms with E-state index in [-0.39, 0.29) is 0 Å². The van der Waals surface area contributed by atoms with E-state index >= 15 is 0 Å². The minimum absolute atomic E-state index is 0.441. The van der Waals surface area contributed by atoms with Gasteiger partial charge in [0.2, 0.25) is 0 Å². The molecule has 0 rings (SSSR count). The summed E-state index contributed by atoms with van der Waals surface area (Å²) in [6, 6.07) is 0. The molecule has 0 aliphatic rings. The van der Waals surface area contributed by atoms with Crippen LogP contribution in [0.25, 0.3) is 0 Å². The van der Waals surface area contributed by atoms with E-state index in [1.54, 1.807) is 0 Å². The quantitative estimate of drug-likeness (QED) is 0.542. The van der Waals surface area contributed by atoms with Crippen LogP contribution in [-0.4, -0.2) is 19.4 Å². The Morgan fingerprint density at radius 1 is 1.78 bits per heavy atom. The molecule has 0 aromatic rings. The Morgan fingerprint density at radius 2 is 2.44 bits per heavy atom. The first-order valence-electron chi connectivity index (χ1n) is 2.84. The molecule has 0 radical (unpaired) electrons. The van der Waals surface area contributed by atoms with E-state index in [2.05, 4.69) is 0 Å². The minimum atomic E-state index is 0.441. The van der Waals surface area contributed by atoms with Crippen LogP contribution >= 0.6 is 0 Å². The Morgan fingerprint density at radius 3 is 2.78 bits per heavy atom. The highest BCUT2D eigenvalue weighted by molar-refractivity contribution is 5.75. The van der Waals surface area contributed by atoms with Crippen molar-refractivity contribution in [2.75, 3.05) is 13.2 Å². The Hall–Kier alpha value is -0.830. The number of ether oxygens (including phenoxy) is 1. The first-order chi connectivity index (χ1) is 4.35. The van der Waals surface area contributed by atoms with E-state index in [0.29, 0.717) is 18.8 Å². The summed E-state index contributed by atoms with van der Waals surface area (Å²) in [5.41, 5.74) is 5.84. The average molecular weight is 128 g/mol. The Labute approximate surface area is 55.0 Å². The summed E-state index contributed by atoms with van der Waals surface area (Å²) in [4.78, 5) is 0. The highest BCUT2D eigenvalue weighted by atomic mass is 16.5. The molecule has 0 aromatic carbocycles. The van der Waals surface area contributed by atoms with Gasteiger partial charge in [-0.25, -0.2) is 0 Å². The van der Waals surface area contributed by atoms with Crippen molar-refractivity contribution in [2.24, 2.45) is 5.73 Å². The molecular formula is C6H12N2O. The van der Waals surface area contributed by atoms with Crippen LogP contribution in [0, 0.1) is 5.41 Å². The lowest BCUT2D eigenvalue weighted by atomic mass is 10.3. The van der Waals surface area contributed by atoms with Gasteiger partial charge in [0, 0.05) is 24.6 Å². The molecule has 9 heavy (non-hydrogen) atoms. The topological polar surface area (TPSA) is 59.1 Å². The van der Waals surface area contributed by atoms with Gasteiger partial charge in [-0.3, -0.25) is 0 Å². The Bertz CT molecular complexity index is 110. The van der Waals surface area contributed by atoms with E-state index in [0.717, 1.165) is 0 Å². The van der Waals surface area contributed by atoms with Crippen LogP contribution in [0.5, 0.6) is 0 Å².